The summed E-state index contributed by atoms with van der Waals surface area (Å²) in [6.45, 7) is 4.24. The fourth-order valence-corrected chi connectivity index (χ4v) is 3.24. The molecule has 0 unspecified atom stereocenters. The lowest BCUT2D eigenvalue weighted by atomic mass is 10.2. The van der Waals surface area contributed by atoms with Crippen LogP contribution in [0.15, 0.2) is 66.6 Å². The molecule has 0 saturated heterocycles. The molecule has 2 heterocycles. The normalized spacial score (nSPS) is 10.4. The van der Waals surface area contributed by atoms with Crippen LogP contribution in [0.4, 0.5) is 0 Å². The maximum absolute atomic E-state index is 12.1. The lowest BCUT2D eigenvalue weighted by molar-refractivity contribution is -0.119. The summed E-state index contributed by atoms with van der Waals surface area (Å²) in [5, 5.41) is 9.46. The number of benzene rings is 1. The minimum Gasteiger partial charge on any atom is -0.298 e. The van der Waals surface area contributed by atoms with Crippen LogP contribution in [0.5, 0.6) is 0 Å². The van der Waals surface area contributed by atoms with Crippen LogP contribution in [-0.4, -0.2) is 37.3 Å². The highest BCUT2D eigenvalue weighted by Crippen LogP contribution is 2.23. The van der Waals surface area contributed by atoms with Gasteiger partial charge in [0.25, 0.3) is 5.91 Å². The molecule has 0 spiro atoms. The van der Waals surface area contributed by atoms with Crippen LogP contribution in [0.1, 0.15) is 10.4 Å². The Labute approximate surface area is 176 Å². The molecule has 29 heavy (non-hydrogen) atoms. The molecule has 2 aromatic heterocycles. The molecule has 2 N–H and O–H groups in total. The molecular weight excluding hydrogens is 412 g/mol. The summed E-state index contributed by atoms with van der Waals surface area (Å²) in [4.78, 5) is 28.1. The number of halogens is 1. The van der Waals surface area contributed by atoms with Gasteiger partial charge >= 0.3 is 0 Å². The van der Waals surface area contributed by atoms with Crippen LogP contribution in [0.25, 0.3) is 11.4 Å². The topological polar surface area (TPSA) is 102 Å². The third kappa shape index (κ3) is 5.43. The highest BCUT2D eigenvalue weighted by Gasteiger charge is 2.15. The fraction of sp³-hybridized carbons (Fsp3) is 0.105. The first-order valence-corrected chi connectivity index (χ1v) is 9.87. The van der Waals surface area contributed by atoms with Crippen molar-refractivity contribution in [3.8, 4) is 11.4 Å². The zero-order chi connectivity index (χ0) is 20.6. The number of allylic oxidation sites excluding steroid dienone is 1. The molecule has 8 nitrogen and oxygen atoms in total. The van der Waals surface area contributed by atoms with Crippen molar-refractivity contribution in [2.45, 2.75) is 11.7 Å². The standard InChI is InChI=1S/C19H17ClN6O2S/c1-2-11-26-17(13-7-9-21-10-8-13)23-25-19(26)29-12-16(27)22-24-18(28)14-3-5-15(20)6-4-14/h2-10H,1,11-12H2,(H,22,27)(H,24,28). The Bertz CT molecular complexity index is 1010. The summed E-state index contributed by atoms with van der Waals surface area (Å²) in [6.07, 6.45) is 5.07. The number of thioether (sulfide) groups is 1. The fourth-order valence-electron chi connectivity index (χ4n) is 2.37. The van der Waals surface area contributed by atoms with Crippen molar-refractivity contribution < 1.29 is 9.59 Å². The number of carbonyl (C=O) groups excluding carboxylic acids is 2. The second kappa shape index (κ2) is 9.85. The lowest BCUT2D eigenvalue weighted by Crippen LogP contribution is -2.42. The van der Waals surface area contributed by atoms with E-state index in [0.29, 0.717) is 28.1 Å². The van der Waals surface area contributed by atoms with Gasteiger partial charge in [-0.05, 0) is 36.4 Å². The zero-order valence-electron chi connectivity index (χ0n) is 15.2. The average Bonchev–Trinajstić information content (AvgIpc) is 3.14. The molecule has 1 aromatic carbocycles. The number of rotatable bonds is 7. The minimum absolute atomic E-state index is 0.0481. The molecule has 0 radical (unpaired) electrons. The monoisotopic (exact) mass is 428 g/mol. The Balaban J connectivity index is 1.58. The molecule has 10 heteroatoms. The van der Waals surface area contributed by atoms with Crippen LogP contribution in [0.2, 0.25) is 5.02 Å². The summed E-state index contributed by atoms with van der Waals surface area (Å²) in [6, 6.07) is 9.99. The van der Waals surface area contributed by atoms with E-state index in [2.05, 4.69) is 32.6 Å². The average molecular weight is 429 g/mol. The van der Waals surface area contributed by atoms with E-state index in [9.17, 15) is 9.59 Å². The highest BCUT2D eigenvalue weighted by molar-refractivity contribution is 7.99. The Hall–Kier alpha value is -3.17. The van der Waals surface area contributed by atoms with E-state index in [1.165, 1.54) is 11.8 Å². The van der Waals surface area contributed by atoms with Crippen molar-refractivity contribution in [2.75, 3.05) is 5.75 Å². The second-order valence-corrected chi connectivity index (χ2v) is 7.12. The van der Waals surface area contributed by atoms with Gasteiger partial charge in [-0.25, -0.2) is 0 Å². The first-order valence-electron chi connectivity index (χ1n) is 8.50. The lowest BCUT2D eigenvalue weighted by Gasteiger charge is -2.09. The zero-order valence-corrected chi connectivity index (χ0v) is 16.8. The molecule has 2 amide bonds. The number of hydrazine groups is 1. The molecule has 148 valence electrons. The molecule has 0 aliphatic carbocycles. The number of hydrogen-bond acceptors (Lipinski definition) is 6. The van der Waals surface area contributed by atoms with Crippen LogP contribution in [-0.2, 0) is 11.3 Å². The molecule has 3 rings (SSSR count). The number of amides is 2. The van der Waals surface area contributed by atoms with Gasteiger partial charge in [0.2, 0.25) is 5.91 Å². The number of carbonyl (C=O) groups is 2. The molecule has 0 aliphatic rings. The van der Waals surface area contributed by atoms with E-state index in [4.69, 9.17) is 11.6 Å². The van der Waals surface area contributed by atoms with Crippen LogP contribution in [0, 0.1) is 0 Å². The van der Waals surface area contributed by atoms with Gasteiger partial charge in [0.1, 0.15) is 0 Å². The Kier molecular flexibility index (Phi) is 6.99. The molecule has 0 saturated carbocycles. The number of pyridine rings is 1. The van der Waals surface area contributed by atoms with Gasteiger partial charge in [-0.15, -0.1) is 16.8 Å². The van der Waals surface area contributed by atoms with Gasteiger partial charge in [-0.2, -0.15) is 0 Å². The Morgan fingerprint density at radius 2 is 1.83 bits per heavy atom. The van der Waals surface area contributed by atoms with E-state index < -0.39 is 5.91 Å². The van der Waals surface area contributed by atoms with Crippen LogP contribution in [0.3, 0.4) is 0 Å². The Morgan fingerprint density at radius 3 is 2.52 bits per heavy atom. The van der Waals surface area contributed by atoms with Gasteiger partial charge in [-0.3, -0.25) is 30.0 Å². The van der Waals surface area contributed by atoms with Gasteiger partial charge in [0.05, 0.1) is 5.75 Å². The number of nitrogens with one attached hydrogen (secondary N) is 2. The molecule has 0 fully saturated rings. The van der Waals surface area contributed by atoms with Crippen LogP contribution < -0.4 is 10.9 Å². The summed E-state index contributed by atoms with van der Waals surface area (Å²) in [5.41, 5.74) is 5.99. The number of nitrogens with zero attached hydrogens (tertiary/aromatic N) is 4. The largest absolute Gasteiger partial charge is 0.298 e. The summed E-state index contributed by atoms with van der Waals surface area (Å²) < 4.78 is 1.85. The first-order chi connectivity index (χ1) is 14.1. The number of hydrogen-bond donors (Lipinski definition) is 2. The second-order valence-electron chi connectivity index (χ2n) is 5.74. The predicted octanol–water partition coefficient (Wildman–Crippen LogP) is 2.73. The third-order valence-corrected chi connectivity index (χ3v) is 4.94. The van der Waals surface area contributed by atoms with E-state index in [1.807, 2.05) is 16.7 Å². The molecule has 3 aromatic rings. The van der Waals surface area contributed by atoms with Crippen molar-refractivity contribution in [3.63, 3.8) is 0 Å². The molecule has 0 atom stereocenters. The maximum atomic E-state index is 12.1. The van der Waals surface area contributed by atoms with Crippen molar-refractivity contribution in [3.05, 3.63) is 72.0 Å². The smallest absolute Gasteiger partial charge is 0.269 e. The first kappa shape index (κ1) is 20.6. The van der Waals surface area contributed by atoms with Gasteiger partial charge < -0.3 is 0 Å². The SMILES string of the molecule is C=CCn1c(SCC(=O)NNC(=O)c2ccc(Cl)cc2)nnc1-c1ccncc1. The van der Waals surface area contributed by atoms with Crippen molar-refractivity contribution in [2.24, 2.45) is 0 Å². The van der Waals surface area contributed by atoms with E-state index in [-0.39, 0.29) is 11.7 Å². The highest BCUT2D eigenvalue weighted by atomic mass is 35.5. The van der Waals surface area contributed by atoms with Gasteiger partial charge in [0.15, 0.2) is 11.0 Å². The van der Waals surface area contributed by atoms with Crippen molar-refractivity contribution >= 4 is 35.2 Å². The Morgan fingerprint density at radius 1 is 1.10 bits per heavy atom. The minimum atomic E-state index is -0.435. The predicted molar refractivity (Wildman–Crippen MR) is 111 cm³/mol. The van der Waals surface area contributed by atoms with E-state index in [1.54, 1.807) is 42.7 Å². The van der Waals surface area contributed by atoms with Gasteiger partial charge in [0, 0.05) is 35.1 Å². The third-order valence-electron chi connectivity index (χ3n) is 3.72. The number of aromatic nitrogens is 4. The van der Waals surface area contributed by atoms with E-state index in [0.717, 1.165) is 5.56 Å². The molecule has 0 aliphatic heterocycles. The quantitative estimate of drug-likeness (QED) is 0.341. The molecular formula is C19H17ClN6O2S. The van der Waals surface area contributed by atoms with Crippen molar-refractivity contribution in [1.29, 1.82) is 0 Å². The summed E-state index contributed by atoms with van der Waals surface area (Å²) in [5.74, 6) is -0.107. The summed E-state index contributed by atoms with van der Waals surface area (Å²) in [7, 11) is 0. The summed E-state index contributed by atoms with van der Waals surface area (Å²) >= 11 is 7.00. The van der Waals surface area contributed by atoms with Crippen molar-refractivity contribution in [1.82, 2.24) is 30.6 Å². The molecule has 0 bridgehead atoms. The van der Waals surface area contributed by atoms with E-state index >= 15 is 0 Å². The maximum Gasteiger partial charge on any atom is 0.269 e. The van der Waals surface area contributed by atoms with Crippen LogP contribution >= 0.6 is 23.4 Å². The van der Waals surface area contributed by atoms with Gasteiger partial charge in [-0.1, -0.05) is 29.4 Å².